The lowest BCUT2D eigenvalue weighted by atomic mass is 10.0. The number of nitrogens with one attached hydrogen (secondary N) is 1. The van der Waals surface area contributed by atoms with E-state index in [9.17, 15) is 0 Å². The molecule has 7 heteroatoms. The van der Waals surface area contributed by atoms with Gasteiger partial charge in [-0.25, -0.2) is 4.98 Å². The zero-order valence-corrected chi connectivity index (χ0v) is 13.9. The normalized spacial score (nSPS) is 20.0. The van der Waals surface area contributed by atoms with Crippen LogP contribution < -0.4 is 5.32 Å². The van der Waals surface area contributed by atoms with Gasteiger partial charge >= 0.3 is 0 Å². The first-order chi connectivity index (χ1) is 8.79. The number of nitrogens with zero attached hydrogens (tertiary/aromatic N) is 5. The minimum Gasteiger partial charge on any atom is -0.354 e. The predicted molar refractivity (Wildman–Crippen MR) is 86.8 cm³/mol. The van der Waals surface area contributed by atoms with Crippen LogP contribution in [0, 0.1) is 5.92 Å². The van der Waals surface area contributed by atoms with E-state index in [2.05, 4.69) is 32.2 Å². The SMILES string of the molecule is CN=C(NCCn1cncn1)N1CCCC(C)C1.I. The van der Waals surface area contributed by atoms with Gasteiger partial charge in [0.2, 0.25) is 0 Å². The maximum Gasteiger partial charge on any atom is 0.193 e. The first kappa shape index (κ1) is 16.2. The standard InChI is InChI=1S/C12H22N6.HI/c1-11-4-3-6-17(8-11)12(13-2)15-5-7-18-10-14-9-16-18;/h9-11H,3-8H2,1-2H3,(H,13,15);1H. The third-order valence-electron chi connectivity index (χ3n) is 3.26. The van der Waals surface area contributed by atoms with Crippen LogP contribution in [0.25, 0.3) is 0 Å². The second kappa shape index (κ2) is 8.34. The Balaban J connectivity index is 0.00000180. The van der Waals surface area contributed by atoms with Crippen LogP contribution in [-0.4, -0.2) is 52.3 Å². The van der Waals surface area contributed by atoms with Crippen molar-refractivity contribution in [3.8, 4) is 0 Å². The van der Waals surface area contributed by atoms with E-state index in [1.54, 1.807) is 12.7 Å². The molecule has 1 aromatic rings. The number of aliphatic imine (C=N–C) groups is 1. The van der Waals surface area contributed by atoms with Crippen LogP contribution in [0.1, 0.15) is 19.8 Å². The molecular weight excluding hydrogens is 355 g/mol. The number of likely N-dealkylation sites (tertiary alicyclic amines) is 1. The molecule has 1 aromatic heterocycles. The molecule has 1 aliphatic rings. The topological polar surface area (TPSA) is 58.3 Å². The van der Waals surface area contributed by atoms with Crippen molar-refractivity contribution in [3.05, 3.63) is 12.7 Å². The molecular formula is C12H23IN6. The van der Waals surface area contributed by atoms with Crippen LogP contribution in [0.3, 0.4) is 0 Å². The molecule has 108 valence electrons. The maximum absolute atomic E-state index is 4.35. The van der Waals surface area contributed by atoms with Gasteiger partial charge in [-0.1, -0.05) is 6.92 Å². The van der Waals surface area contributed by atoms with E-state index >= 15 is 0 Å². The van der Waals surface area contributed by atoms with Crippen LogP contribution in [0.2, 0.25) is 0 Å². The van der Waals surface area contributed by atoms with Crippen molar-refractivity contribution in [1.29, 1.82) is 0 Å². The van der Waals surface area contributed by atoms with Gasteiger partial charge in [-0.05, 0) is 18.8 Å². The quantitative estimate of drug-likeness (QED) is 0.488. The van der Waals surface area contributed by atoms with Gasteiger partial charge in [-0.3, -0.25) is 9.67 Å². The molecule has 0 aromatic carbocycles. The van der Waals surface area contributed by atoms with E-state index in [0.29, 0.717) is 0 Å². The van der Waals surface area contributed by atoms with Gasteiger partial charge in [0, 0.05) is 26.7 Å². The monoisotopic (exact) mass is 378 g/mol. The molecule has 6 nitrogen and oxygen atoms in total. The predicted octanol–water partition coefficient (Wildman–Crippen LogP) is 1.20. The molecule has 0 amide bonds. The Hall–Kier alpha value is -0.860. The van der Waals surface area contributed by atoms with Gasteiger partial charge in [0.05, 0.1) is 6.54 Å². The highest BCUT2D eigenvalue weighted by Gasteiger charge is 2.18. The lowest BCUT2D eigenvalue weighted by Crippen LogP contribution is -2.46. The first-order valence-corrected chi connectivity index (χ1v) is 6.57. The highest BCUT2D eigenvalue weighted by molar-refractivity contribution is 14.0. The van der Waals surface area contributed by atoms with Crippen LogP contribution in [0.5, 0.6) is 0 Å². The fraction of sp³-hybridized carbons (Fsp3) is 0.750. The molecule has 0 bridgehead atoms. The molecule has 0 aliphatic carbocycles. The third kappa shape index (κ3) is 4.96. The van der Waals surface area contributed by atoms with Crippen molar-refractivity contribution in [2.45, 2.75) is 26.3 Å². The molecule has 1 N–H and O–H groups in total. The fourth-order valence-electron chi connectivity index (χ4n) is 2.34. The summed E-state index contributed by atoms with van der Waals surface area (Å²) in [5.74, 6) is 1.76. The zero-order chi connectivity index (χ0) is 12.8. The van der Waals surface area contributed by atoms with Gasteiger partial charge in [-0.15, -0.1) is 24.0 Å². The number of halogens is 1. The summed E-state index contributed by atoms with van der Waals surface area (Å²) in [7, 11) is 1.84. The Morgan fingerprint density at radius 1 is 1.53 bits per heavy atom. The summed E-state index contributed by atoms with van der Waals surface area (Å²) >= 11 is 0. The fourth-order valence-corrected chi connectivity index (χ4v) is 2.34. The molecule has 2 rings (SSSR count). The summed E-state index contributed by atoms with van der Waals surface area (Å²) in [4.78, 5) is 10.6. The number of guanidine groups is 1. The van der Waals surface area contributed by atoms with Crippen molar-refractivity contribution < 1.29 is 0 Å². The Morgan fingerprint density at radius 2 is 2.37 bits per heavy atom. The van der Waals surface area contributed by atoms with Crippen molar-refractivity contribution >= 4 is 29.9 Å². The highest BCUT2D eigenvalue weighted by atomic mass is 127. The zero-order valence-electron chi connectivity index (χ0n) is 11.6. The second-order valence-corrected chi connectivity index (χ2v) is 4.83. The van der Waals surface area contributed by atoms with Crippen LogP contribution >= 0.6 is 24.0 Å². The average molecular weight is 378 g/mol. The van der Waals surface area contributed by atoms with Gasteiger partial charge in [-0.2, -0.15) is 5.10 Å². The lowest BCUT2D eigenvalue weighted by molar-refractivity contribution is 0.265. The van der Waals surface area contributed by atoms with Crippen LogP contribution in [0.15, 0.2) is 17.6 Å². The van der Waals surface area contributed by atoms with E-state index in [-0.39, 0.29) is 24.0 Å². The molecule has 19 heavy (non-hydrogen) atoms. The molecule has 1 saturated heterocycles. The minimum absolute atomic E-state index is 0. The summed E-state index contributed by atoms with van der Waals surface area (Å²) in [6.07, 6.45) is 5.87. The molecule has 0 saturated carbocycles. The maximum atomic E-state index is 4.35. The second-order valence-electron chi connectivity index (χ2n) is 4.83. The average Bonchev–Trinajstić information content (AvgIpc) is 2.88. The van der Waals surface area contributed by atoms with Gasteiger partial charge < -0.3 is 10.2 Å². The number of hydrogen-bond acceptors (Lipinski definition) is 3. The van der Waals surface area contributed by atoms with Crippen molar-refractivity contribution in [2.75, 3.05) is 26.7 Å². The Bertz CT molecular complexity index is 378. The van der Waals surface area contributed by atoms with Crippen LogP contribution in [-0.2, 0) is 6.54 Å². The van der Waals surface area contributed by atoms with Crippen molar-refractivity contribution in [2.24, 2.45) is 10.9 Å². The molecule has 2 heterocycles. The van der Waals surface area contributed by atoms with E-state index in [1.807, 2.05) is 11.7 Å². The molecule has 1 fully saturated rings. The molecule has 1 atom stereocenters. The van der Waals surface area contributed by atoms with Gasteiger partial charge in [0.15, 0.2) is 5.96 Å². The number of piperidine rings is 1. The number of hydrogen-bond donors (Lipinski definition) is 1. The molecule has 1 unspecified atom stereocenters. The van der Waals surface area contributed by atoms with Crippen molar-refractivity contribution in [3.63, 3.8) is 0 Å². The minimum atomic E-state index is 0. The largest absolute Gasteiger partial charge is 0.354 e. The van der Waals surface area contributed by atoms with Gasteiger partial charge in [0.25, 0.3) is 0 Å². The van der Waals surface area contributed by atoms with Crippen LogP contribution in [0.4, 0.5) is 0 Å². The number of aromatic nitrogens is 3. The van der Waals surface area contributed by atoms with E-state index in [4.69, 9.17) is 0 Å². The molecule has 0 spiro atoms. The third-order valence-corrected chi connectivity index (χ3v) is 3.26. The van der Waals surface area contributed by atoms with Gasteiger partial charge in [0.1, 0.15) is 12.7 Å². The summed E-state index contributed by atoms with van der Waals surface area (Å²) in [6, 6.07) is 0. The Morgan fingerprint density at radius 3 is 3.00 bits per heavy atom. The molecule has 0 radical (unpaired) electrons. The summed E-state index contributed by atoms with van der Waals surface area (Å²) in [5.41, 5.74) is 0. The molecule has 1 aliphatic heterocycles. The summed E-state index contributed by atoms with van der Waals surface area (Å²) in [5, 5.41) is 7.46. The Kier molecular flexibility index (Phi) is 7.11. The van der Waals surface area contributed by atoms with E-state index in [1.165, 1.54) is 12.8 Å². The number of rotatable bonds is 3. The lowest BCUT2D eigenvalue weighted by Gasteiger charge is -2.33. The van der Waals surface area contributed by atoms with Crippen molar-refractivity contribution in [1.82, 2.24) is 25.0 Å². The first-order valence-electron chi connectivity index (χ1n) is 6.57. The highest BCUT2D eigenvalue weighted by Crippen LogP contribution is 2.15. The van der Waals surface area contributed by atoms with E-state index in [0.717, 1.165) is 38.1 Å². The summed E-state index contributed by atoms with van der Waals surface area (Å²) in [6.45, 7) is 6.13. The van der Waals surface area contributed by atoms with E-state index < -0.39 is 0 Å². The Labute approximate surface area is 131 Å². The summed E-state index contributed by atoms with van der Waals surface area (Å²) < 4.78 is 1.82. The smallest absolute Gasteiger partial charge is 0.193 e.